The van der Waals surface area contributed by atoms with Crippen molar-refractivity contribution < 1.29 is 9.47 Å². The molecule has 3 nitrogen and oxygen atoms in total. The van der Waals surface area contributed by atoms with Crippen LogP contribution in [0, 0.1) is 0 Å². The van der Waals surface area contributed by atoms with E-state index in [2.05, 4.69) is 47.4 Å². The van der Waals surface area contributed by atoms with Gasteiger partial charge in [0.25, 0.3) is 0 Å². The quantitative estimate of drug-likeness (QED) is 0.859. The van der Waals surface area contributed by atoms with Gasteiger partial charge in [0.05, 0.1) is 19.8 Å². The molecule has 1 saturated heterocycles. The topological polar surface area (TPSA) is 21.7 Å². The molecule has 0 bridgehead atoms. The van der Waals surface area contributed by atoms with Crippen LogP contribution in [0.5, 0.6) is 5.75 Å². The molecule has 0 amide bonds. The molecular formula is C19H23NO2. The van der Waals surface area contributed by atoms with Gasteiger partial charge in [-0.15, -0.1) is 0 Å². The van der Waals surface area contributed by atoms with Crippen LogP contribution >= 0.6 is 0 Å². The van der Waals surface area contributed by atoms with Gasteiger partial charge in [0.1, 0.15) is 5.75 Å². The lowest BCUT2D eigenvalue weighted by molar-refractivity contribution is 0.0615. The molecule has 0 saturated carbocycles. The number of methoxy groups -OCH3 is 1. The number of hydrogen-bond donors (Lipinski definition) is 0. The zero-order valence-electron chi connectivity index (χ0n) is 13.1. The summed E-state index contributed by atoms with van der Waals surface area (Å²) in [7, 11) is 1.69. The van der Waals surface area contributed by atoms with E-state index in [1.54, 1.807) is 7.11 Å². The monoisotopic (exact) mass is 297 g/mol. The highest BCUT2D eigenvalue weighted by molar-refractivity contribution is 5.28. The summed E-state index contributed by atoms with van der Waals surface area (Å²) < 4.78 is 11.3. The molecule has 0 radical (unpaired) electrons. The van der Waals surface area contributed by atoms with E-state index in [9.17, 15) is 0 Å². The van der Waals surface area contributed by atoms with Crippen molar-refractivity contribution in [3.63, 3.8) is 0 Å². The van der Waals surface area contributed by atoms with Gasteiger partial charge in [-0.3, -0.25) is 4.90 Å². The Bertz CT molecular complexity index is 568. The number of benzene rings is 2. The van der Waals surface area contributed by atoms with Crippen molar-refractivity contribution in [2.45, 2.75) is 19.1 Å². The maximum atomic E-state index is 6.05. The molecule has 0 spiro atoms. The van der Waals surface area contributed by atoms with Crippen molar-refractivity contribution in [3.05, 3.63) is 65.7 Å². The van der Waals surface area contributed by atoms with E-state index in [1.165, 1.54) is 11.1 Å². The highest BCUT2D eigenvalue weighted by Crippen LogP contribution is 2.26. The van der Waals surface area contributed by atoms with Crippen molar-refractivity contribution in [1.82, 2.24) is 4.90 Å². The molecule has 1 heterocycles. The Morgan fingerprint density at radius 2 is 1.82 bits per heavy atom. The standard InChI is InChI=1S/C19H23NO2/c1-21-18-9-7-17(8-10-18)19-11-12-20(13-14-22-19)15-16-5-3-2-4-6-16/h2-10,19H,11-15H2,1H3. The molecule has 0 aliphatic carbocycles. The van der Waals surface area contributed by atoms with E-state index >= 15 is 0 Å². The van der Waals surface area contributed by atoms with Crippen molar-refractivity contribution in [2.24, 2.45) is 0 Å². The molecule has 0 N–H and O–H groups in total. The van der Waals surface area contributed by atoms with Crippen LogP contribution in [0.2, 0.25) is 0 Å². The summed E-state index contributed by atoms with van der Waals surface area (Å²) in [4.78, 5) is 2.47. The third-order valence-electron chi connectivity index (χ3n) is 4.17. The van der Waals surface area contributed by atoms with Gasteiger partial charge in [0, 0.05) is 19.6 Å². The van der Waals surface area contributed by atoms with Gasteiger partial charge in [-0.25, -0.2) is 0 Å². The molecule has 1 atom stereocenters. The van der Waals surface area contributed by atoms with Gasteiger partial charge in [-0.1, -0.05) is 42.5 Å². The average Bonchev–Trinajstić information content (AvgIpc) is 2.82. The molecule has 1 aliphatic rings. The molecule has 116 valence electrons. The predicted molar refractivity (Wildman–Crippen MR) is 88.0 cm³/mol. The normalized spacial score (nSPS) is 19.6. The molecule has 22 heavy (non-hydrogen) atoms. The summed E-state index contributed by atoms with van der Waals surface area (Å²) in [6, 6.07) is 18.9. The maximum Gasteiger partial charge on any atom is 0.118 e. The molecule has 1 unspecified atom stereocenters. The van der Waals surface area contributed by atoms with Crippen LogP contribution in [0.1, 0.15) is 23.7 Å². The van der Waals surface area contributed by atoms with Crippen LogP contribution in [0.4, 0.5) is 0 Å². The van der Waals surface area contributed by atoms with Gasteiger partial charge in [0.15, 0.2) is 0 Å². The molecular weight excluding hydrogens is 274 g/mol. The maximum absolute atomic E-state index is 6.05. The third kappa shape index (κ3) is 3.87. The Hall–Kier alpha value is -1.84. The van der Waals surface area contributed by atoms with E-state index < -0.39 is 0 Å². The van der Waals surface area contributed by atoms with Crippen molar-refractivity contribution in [2.75, 3.05) is 26.8 Å². The molecule has 2 aromatic carbocycles. The first-order valence-corrected chi connectivity index (χ1v) is 7.87. The lowest BCUT2D eigenvalue weighted by Crippen LogP contribution is -2.25. The average molecular weight is 297 g/mol. The van der Waals surface area contributed by atoms with Crippen LogP contribution in [0.15, 0.2) is 54.6 Å². The van der Waals surface area contributed by atoms with Crippen LogP contribution < -0.4 is 4.74 Å². The Kier molecular flexibility index (Phi) is 5.09. The summed E-state index contributed by atoms with van der Waals surface area (Å²) in [5.74, 6) is 0.892. The highest BCUT2D eigenvalue weighted by Gasteiger charge is 2.19. The minimum Gasteiger partial charge on any atom is -0.497 e. The molecule has 3 heteroatoms. The first-order chi connectivity index (χ1) is 10.8. The van der Waals surface area contributed by atoms with Gasteiger partial charge in [-0.2, -0.15) is 0 Å². The summed E-state index contributed by atoms with van der Waals surface area (Å²) in [5.41, 5.74) is 2.60. The second kappa shape index (κ2) is 7.43. The van der Waals surface area contributed by atoms with Crippen molar-refractivity contribution >= 4 is 0 Å². The minimum absolute atomic E-state index is 0.187. The zero-order chi connectivity index (χ0) is 15.2. The zero-order valence-corrected chi connectivity index (χ0v) is 13.1. The first-order valence-electron chi connectivity index (χ1n) is 7.87. The number of ether oxygens (including phenoxy) is 2. The van der Waals surface area contributed by atoms with Gasteiger partial charge >= 0.3 is 0 Å². The summed E-state index contributed by atoms with van der Waals surface area (Å²) >= 11 is 0. The van der Waals surface area contributed by atoms with E-state index in [0.717, 1.165) is 38.4 Å². The fourth-order valence-electron chi connectivity index (χ4n) is 2.90. The fraction of sp³-hybridized carbons (Fsp3) is 0.368. The lowest BCUT2D eigenvalue weighted by atomic mass is 10.1. The molecule has 1 fully saturated rings. The SMILES string of the molecule is COc1ccc(C2CCN(Cc3ccccc3)CCO2)cc1. The molecule has 3 rings (SSSR count). The Labute approximate surface area is 132 Å². The second-order valence-electron chi connectivity index (χ2n) is 5.68. The second-order valence-corrected chi connectivity index (χ2v) is 5.68. The molecule has 2 aromatic rings. The van der Waals surface area contributed by atoms with E-state index in [-0.39, 0.29) is 6.10 Å². The van der Waals surface area contributed by atoms with E-state index in [0.29, 0.717) is 0 Å². The fourth-order valence-corrected chi connectivity index (χ4v) is 2.90. The van der Waals surface area contributed by atoms with Crippen LogP contribution in [-0.2, 0) is 11.3 Å². The Morgan fingerprint density at radius 1 is 1.05 bits per heavy atom. The number of nitrogens with zero attached hydrogens (tertiary/aromatic N) is 1. The van der Waals surface area contributed by atoms with Crippen molar-refractivity contribution in [3.8, 4) is 5.75 Å². The first kappa shape index (κ1) is 15.1. The molecule has 1 aliphatic heterocycles. The minimum atomic E-state index is 0.187. The van der Waals surface area contributed by atoms with Crippen LogP contribution in [0.3, 0.4) is 0 Å². The number of hydrogen-bond acceptors (Lipinski definition) is 3. The largest absolute Gasteiger partial charge is 0.497 e. The van der Waals surface area contributed by atoms with Crippen molar-refractivity contribution in [1.29, 1.82) is 0 Å². The van der Waals surface area contributed by atoms with Crippen LogP contribution in [0.25, 0.3) is 0 Å². The number of rotatable bonds is 4. The summed E-state index contributed by atoms with van der Waals surface area (Å²) in [5, 5.41) is 0. The smallest absolute Gasteiger partial charge is 0.118 e. The highest BCUT2D eigenvalue weighted by atomic mass is 16.5. The summed E-state index contributed by atoms with van der Waals surface area (Å²) in [6.45, 7) is 3.83. The van der Waals surface area contributed by atoms with E-state index in [1.807, 2.05) is 12.1 Å². The molecule has 0 aromatic heterocycles. The lowest BCUT2D eigenvalue weighted by Gasteiger charge is -2.19. The van der Waals surface area contributed by atoms with Gasteiger partial charge in [0.2, 0.25) is 0 Å². The summed E-state index contributed by atoms with van der Waals surface area (Å²) in [6.07, 6.45) is 1.21. The van der Waals surface area contributed by atoms with Gasteiger partial charge < -0.3 is 9.47 Å². The Morgan fingerprint density at radius 3 is 2.55 bits per heavy atom. The predicted octanol–water partition coefficient (Wildman–Crippen LogP) is 3.66. The van der Waals surface area contributed by atoms with Crippen LogP contribution in [-0.4, -0.2) is 31.7 Å². The van der Waals surface area contributed by atoms with E-state index in [4.69, 9.17) is 9.47 Å². The third-order valence-corrected chi connectivity index (χ3v) is 4.17. The van der Waals surface area contributed by atoms with Gasteiger partial charge in [-0.05, 0) is 29.7 Å². The Balaban J connectivity index is 1.59.